The van der Waals surface area contributed by atoms with Crippen LogP contribution in [0.2, 0.25) is 0 Å². The van der Waals surface area contributed by atoms with E-state index in [-0.39, 0.29) is 11.8 Å². The van der Waals surface area contributed by atoms with E-state index in [1.54, 1.807) is 12.1 Å². The van der Waals surface area contributed by atoms with Crippen molar-refractivity contribution in [1.29, 1.82) is 0 Å². The van der Waals surface area contributed by atoms with E-state index in [9.17, 15) is 9.59 Å². The number of H-pyrrole nitrogens is 1. The molecular formula is C12H15N5O2S. The van der Waals surface area contributed by atoms with Gasteiger partial charge in [0, 0.05) is 19.9 Å². The van der Waals surface area contributed by atoms with Gasteiger partial charge in [-0.3, -0.25) is 14.7 Å². The van der Waals surface area contributed by atoms with Crippen LogP contribution < -0.4 is 10.6 Å². The van der Waals surface area contributed by atoms with Gasteiger partial charge in [-0.05, 0) is 18.6 Å². The fourth-order valence-corrected chi connectivity index (χ4v) is 2.47. The highest BCUT2D eigenvalue weighted by atomic mass is 32.1. The second kappa shape index (κ2) is 6.80. The first-order valence-electron chi connectivity index (χ1n) is 6.15. The van der Waals surface area contributed by atoms with Crippen LogP contribution in [0.4, 0.5) is 5.00 Å². The Hall–Kier alpha value is -2.22. The molecule has 2 aromatic rings. The fourth-order valence-electron chi connectivity index (χ4n) is 1.60. The van der Waals surface area contributed by atoms with Crippen LogP contribution in [0.1, 0.15) is 28.8 Å². The summed E-state index contributed by atoms with van der Waals surface area (Å²) in [5.74, 6) is 0.526. The molecule has 0 aromatic carbocycles. The van der Waals surface area contributed by atoms with Gasteiger partial charge in [0.15, 0.2) is 0 Å². The summed E-state index contributed by atoms with van der Waals surface area (Å²) in [7, 11) is 0. The minimum atomic E-state index is -0.147. The number of aromatic nitrogens is 3. The van der Waals surface area contributed by atoms with E-state index in [4.69, 9.17) is 0 Å². The summed E-state index contributed by atoms with van der Waals surface area (Å²) < 4.78 is 0. The van der Waals surface area contributed by atoms with Crippen molar-refractivity contribution < 1.29 is 9.59 Å². The lowest BCUT2D eigenvalue weighted by Gasteiger charge is -2.02. The molecule has 20 heavy (non-hydrogen) atoms. The molecule has 0 spiro atoms. The Labute approximate surface area is 119 Å². The van der Waals surface area contributed by atoms with E-state index in [0.29, 0.717) is 16.4 Å². The van der Waals surface area contributed by atoms with Crippen LogP contribution in [0.15, 0.2) is 18.5 Å². The molecule has 2 aromatic heterocycles. The molecule has 0 aliphatic heterocycles. The average molecular weight is 293 g/mol. The third kappa shape index (κ3) is 4.16. The second-order valence-electron chi connectivity index (χ2n) is 4.14. The van der Waals surface area contributed by atoms with Crippen molar-refractivity contribution in [2.45, 2.75) is 19.8 Å². The maximum absolute atomic E-state index is 11.9. The van der Waals surface area contributed by atoms with Gasteiger partial charge in [-0.25, -0.2) is 4.98 Å². The van der Waals surface area contributed by atoms with Crippen molar-refractivity contribution in [2.75, 3.05) is 11.9 Å². The molecule has 0 aliphatic rings. The van der Waals surface area contributed by atoms with Crippen LogP contribution in [0.5, 0.6) is 0 Å². The summed E-state index contributed by atoms with van der Waals surface area (Å²) in [5.41, 5.74) is 0. The van der Waals surface area contributed by atoms with Crippen LogP contribution >= 0.6 is 11.3 Å². The Morgan fingerprint density at radius 3 is 2.95 bits per heavy atom. The number of aryl methyl sites for hydroxylation is 1. The molecule has 7 nitrogen and oxygen atoms in total. The molecule has 3 N–H and O–H groups in total. The van der Waals surface area contributed by atoms with Crippen LogP contribution in [-0.2, 0) is 11.2 Å². The number of aromatic amines is 1. The second-order valence-corrected chi connectivity index (χ2v) is 5.22. The maximum atomic E-state index is 11.9. The molecule has 0 saturated heterocycles. The van der Waals surface area contributed by atoms with Gasteiger partial charge in [0.25, 0.3) is 5.91 Å². The standard InChI is InChI=1S/C12H15N5O2S/c1-8(18)16-11-5-4-9(20-11)12(19)13-6-2-3-10-14-7-15-17-10/h4-5,7H,2-3,6H2,1H3,(H,13,19)(H,16,18)(H,14,15,17). The first-order chi connectivity index (χ1) is 9.65. The van der Waals surface area contributed by atoms with Crippen LogP contribution in [0.3, 0.4) is 0 Å². The summed E-state index contributed by atoms with van der Waals surface area (Å²) >= 11 is 1.25. The Morgan fingerprint density at radius 2 is 2.25 bits per heavy atom. The molecule has 8 heteroatoms. The molecule has 106 valence electrons. The molecule has 0 unspecified atom stereocenters. The van der Waals surface area contributed by atoms with Crippen molar-refractivity contribution in [3.63, 3.8) is 0 Å². The van der Waals surface area contributed by atoms with Crippen molar-refractivity contribution in [2.24, 2.45) is 0 Å². The number of carbonyl (C=O) groups excluding carboxylic acids is 2. The monoisotopic (exact) mass is 293 g/mol. The number of hydrogen-bond donors (Lipinski definition) is 3. The van der Waals surface area contributed by atoms with Gasteiger partial charge in [0.2, 0.25) is 5.91 Å². The Balaban J connectivity index is 1.74. The van der Waals surface area contributed by atoms with Crippen molar-refractivity contribution >= 4 is 28.2 Å². The normalized spacial score (nSPS) is 10.2. The predicted octanol–water partition coefficient (Wildman–Crippen LogP) is 1.19. The lowest BCUT2D eigenvalue weighted by Crippen LogP contribution is -2.23. The predicted molar refractivity (Wildman–Crippen MR) is 75.7 cm³/mol. The van der Waals surface area contributed by atoms with E-state index in [1.807, 2.05) is 0 Å². The van der Waals surface area contributed by atoms with Crippen molar-refractivity contribution in [3.05, 3.63) is 29.2 Å². The van der Waals surface area contributed by atoms with Crippen LogP contribution in [-0.4, -0.2) is 33.5 Å². The summed E-state index contributed by atoms with van der Waals surface area (Å²) in [5, 5.41) is 12.7. The molecule has 0 fully saturated rings. The average Bonchev–Trinajstić information content (AvgIpc) is 3.04. The van der Waals surface area contributed by atoms with Gasteiger partial charge in [-0.15, -0.1) is 11.3 Å². The molecule has 0 atom stereocenters. The zero-order chi connectivity index (χ0) is 14.4. The topological polar surface area (TPSA) is 99.8 Å². The number of thiophene rings is 1. The van der Waals surface area contributed by atoms with Gasteiger partial charge in [-0.1, -0.05) is 0 Å². The van der Waals surface area contributed by atoms with Crippen molar-refractivity contribution in [3.8, 4) is 0 Å². The number of anilines is 1. The fraction of sp³-hybridized carbons (Fsp3) is 0.333. The van der Waals surface area contributed by atoms with Gasteiger partial charge in [0.1, 0.15) is 12.2 Å². The number of hydrogen-bond acceptors (Lipinski definition) is 5. The number of nitrogens with zero attached hydrogens (tertiary/aromatic N) is 2. The van der Waals surface area contributed by atoms with E-state index >= 15 is 0 Å². The Kier molecular flexibility index (Phi) is 4.83. The minimum Gasteiger partial charge on any atom is -0.351 e. The summed E-state index contributed by atoms with van der Waals surface area (Å²) in [6.45, 7) is 2.00. The zero-order valence-corrected chi connectivity index (χ0v) is 11.8. The number of carbonyl (C=O) groups is 2. The highest BCUT2D eigenvalue weighted by molar-refractivity contribution is 7.18. The number of nitrogens with one attached hydrogen (secondary N) is 3. The van der Waals surface area contributed by atoms with Gasteiger partial charge < -0.3 is 10.6 Å². The molecule has 2 heterocycles. The molecular weight excluding hydrogens is 278 g/mol. The number of rotatable bonds is 6. The number of amides is 2. The Morgan fingerprint density at radius 1 is 1.40 bits per heavy atom. The van der Waals surface area contributed by atoms with Gasteiger partial charge in [-0.2, -0.15) is 5.10 Å². The largest absolute Gasteiger partial charge is 0.351 e. The van der Waals surface area contributed by atoms with Crippen molar-refractivity contribution in [1.82, 2.24) is 20.5 Å². The summed E-state index contributed by atoms with van der Waals surface area (Å²) in [6.07, 6.45) is 2.98. The molecule has 0 aliphatic carbocycles. The third-order valence-electron chi connectivity index (χ3n) is 2.47. The van der Waals surface area contributed by atoms with E-state index in [0.717, 1.165) is 18.7 Å². The smallest absolute Gasteiger partial charge is 0.261 e. The quantitative estimate of drug-likeness (QED) is 0.696. The Bertz CT molecular complexity index is 578. The minimum absolute atomic E-state index is 0.135. The van der Waals surface area contributed by atoms with E-state index < -0.39 is 0 Å². The lowest BCUT2D eigenvalue weighted by molar-refractivity contribution is -0.114. The molecule has 2 amide bonds. The molecule has 0 bridgehead atoms. The lowest BCUT2D eigenvalue weighted by atomic mass is 10.3. The SMILES string of the molecule is CC(=O)Nc1ccc(C(=O)NCCCc2ncn[nH]2)s1. The van der Waals surface area contributed by atoms with Gasteiger partial charge in [0.05, 0.1) is 9.88 Å². The summed E-state index contributed by atoms with van der Waals surface area (Å²) in [4.78, 5) is 27.3. The van der Waals surface area contributed by atoms with E-state index in [1.165, 1.54) is 24.6 Å². The first-order valence-corrected chi connectivity index (χ1v) is 6.96. The van der Waals surface area contributed by atoms with Crippen LogP contribution in [0.25, 0.3) is 0 Å². The highest BCUT2D eigenvalue weighted by Gasteiger charge is 2.09. The maximum Gasteiger partial charge on any atom is 0.261 e. The molecule has 2 rings (SSSR count). The van der Waals surface area contributed by atoms with E-state index in [2.05, 4.69) is 25.8 Å². The third-order valence-corrected chi connectivity index (χ3v) is 3.47. The summed E-state index contributed by atoms with van der Waals surface area (Å²) in [6, 6.07) is 3.41. The highest BCUT2D eigenvalue weighted by Crippen LogP contribution is 2.21. The van der Waals surface area contributed by atoms with Crippen LogP contribution in [0, 0.1) is 0 Å². The molecule has 0 saturated carbocycles. The zero-order valence-electron chi connectivity index (χ0n) is 11.0. The molecule has 0 radical (unpaired) electrons. The first kappa shape index (κ1) is 14.2. The van der Waals surface area contributed by atoms with Gasteiger partial charge >= 0.3 is 0 Å².